The van der Waals surface area contributed by atoms with E-state index in [9.17, 15) is 20.4 Å². The van der Waals surface area contributed by atoms with E-state index in [-0.39, 0.29) is 34.8 Å². The zero-order valence-electron chi connectivity index (χ0n) is 34.8. The van der Waals surface area contributed by atoms with Crippen LogP contribution in [0.1, 0.15) is 137 Å². The van der Waals surface area contributed by atoms with E-state index in [4.69, 9.17) is 0 Å². The van der Waals surface area contributed by atoms with Gasteiger partial charge in [0.15, 0.2) is 0 Å². The third-order valence-corrected chi connectivity index (χ3v) is 11.0. The average molecular weight is 786 g/mol. The van der Waals surface area contributed by atoms with Crippen molar-refractivity contribution in [2.24, 2.45) is 0 Å². The summed E-state index contributed by atoms with van der Waals surface area (Å²) in [6, 6.07) is 28.4. The van der Waals surface area contributed by atoms with E-state index < -0.39 is 0 Å². The van der Waals surface area contributed by atoms with Crippen LogP contribution < -0.4 is 0 Å². The second-order valence-electron chi connectivity index (χ2n) is 16.1. The Morgan fingerprint density at radius 1 is 0.518 bits per heavy atom. The molecule has 0 atom stereocenters. The van der Waals surface area contributed by atoms with Gasteiger partial charge in [-0.3, -0.25) is 4.29 Å². The standard InChI is InChI=1S/2C17H18O2.C14H28N.CH3ClO/c2*1-12(2)17-15(18)10-14(11-16(17)19)9-8-13-6-4-3-5-7-13;1-15(2,13-9-5-3-6-10-13)14-11-7-4-8-12-14;1-3-2/h2*3-12,18-19H,1-2H3;13-14H,3-12H2,1-2H3;1H3/q;;+1;/b2*9-8+;;. The van der Waals surface area contributed by atoms with Crippen LogP contribution in [0.2, 0.25) is 0 Å². The lowest BCUT2D eigenvalue weighted by Gasteiger charge is -2.47. The third-order valence-electron chi connectivity index (χ3n) is 11.0. The van der Waals surface area contributed by atoms with Crippen LogP contribution in [0.4, 0.5) is 0 Å². The molecule has 4 aromatic carbocycles. The summed E-state index contributed by atoms with van der Waals surface area (Å²) in [5.41, 5.74) is 4.91. The smallest absolute Gasteiger partial charge is 0.123 e. The molecule has 6 nitrogen and oxygen atoms in total. The van der Waals surface area contributed by atoms with Gasteiger partial charge in [0.2, 0.25) is 0 Å². The van der Waals surface area contributed by atoms with E-state index in [0.29, 0.717) is 11.1 Å². The largest absolute Gasteiger partial charge is 0.507 e. The van der Waals surface area contributed by atoms with Crippen LogP contribution in [0, 0.1) is 0 Å². The number of aromatic hydroxyl groups is 4. The number of phenols is 4. The first-order chi connectivity index (χ1) is 26.8. The summed E-state index contributed by atoms with van der Waals surface area (Å²) < 4.78 is 5.06. The normalized spacial score (nSPS) is 15.2. The number of benzene rings is 4. The van der Waals surface area contributed by atoms with E-state index in [1.807, 2.05) is 113 Å². The van der Waals surface area contributed by atoms with Crippen LogP contribution >= 0.6 is 11.9 Å². The molecule has 2 aliphatic carbocycles. The van der Waals surface area contributed by atoms with E-state index >= 15 is 0 Å². The summed E-state index contributed by atoms with van der Waals surface area (Å²) in [7, 11) is 6.40. The van der Waals surface area contributed by atoms with Crippen molar-refractivity contribution >= 4 is 36.2 Å². The maximum absolute atomic E-state index is 9.95. The zero-order chi connectivity index (χ0) is 41.1. The molecule has 7 heteroatoms. The number of nitrogens with zero attached hydrogens (tertiary/aromatic N) is 1. The Morgan fingerprint density at radius 3 is 1.05 bits per heavy atom. The molecule has 0 heterocycles. The first-order valence-corrected chi connectivity index (χ1v) is 20.6. The highest BCUT2D eigenvalue weighted by molar-refractivity contribution is 6.07. The van der Waals surface area contributed by atoms with E-state index in [1.165, 1.54) is 75.8 Å². The molecule has 0 spiro atoms. The molecule has 304 valence electrons. The van der Waals surface area contributed by atoms with Crippen molar-refractivity contribution in [3.63, 3.8) is 0 Å². The van der Waals surface area contributed by atoms with Crippen molar-refractivity contribution < 1.29 is 29.2 Å². The monoisotopic (exact) mass is 784 g/mol. The first kappa shape index (κ1) is 46.2. The van der Waals surface area contributed by atoms with Crippen molar-refractivity contribution in [1.82, 2.24) is 0 Å². The lowest BCUT2D eigenvalue weighted by Crippen LogP contribution is -2.56. The van der Waals surface area contributed by atoms with Crippen LogP contribution in [0.15, 0.2) is 84.9 Å². The van der Waals surface area contributed by atoms with Gasteiger partial charge in [-0.25, -0.2) is 0 Å². The van der Waals surface area contributed by atoms with E-state index in [2.05, 4.69) is 30.3 Å². The van der Waals surface area contributed by atoms with Gasteiger partial charge in [-0.15, -0.1) is 0 Å². The fraction of sp³-hybridized carbons (Fsp3) is 0.429. The Morgan fingerprint density at radius 2 is 0.786 bits per heavy atom. The van der Waals surface area contributed by atoms with Gasteiger partial charge in [0.05, 0.1) is 45.2 Å². The lowest BCUT2D eigenvalue weighted by atomic mass is 9.87. The first-order valence-electron chi connectivity index (χ1n) is 20.3. The minimum Gasteiger partial charge on any atom is -0.507 e. The summed E-state index contributed by atoms with van der Waals surface area (Å²) in [4.78, 5) is 0. The molecule has 2 fully saturated rings. The quantitative estimate of drug-likeness (QED) is 0.106. The molecule has 0 saturated heterocycles. The fourth-order valence-electron chi connectivity index (χ4n) is 7.97. The van der Waals surface area contributed by atoms with Crippen molar-refractivity contribution in [3.8, 4) is 23.0 Å². The predicted octanol–water partition coefficient (Wildman–Crippen LogP) is 13.3. The van der Waals surface area contributed by atoms with Gasteiger partial charge < -0.3 is 24.9 Å². The molecular weight excluding hydrogens is 718 g/mol. The zero-order valence-corrected chi connectivity index (χ0v) is 35.6. The molecule has 2 saturated carbocycles. The van der Waals surface area contributed by atoms with Crippen LogP contribution in [-0.4, -0.2) is 58.2 Å². The number of rotatable bonds is 8. The average Bonchev–Trinajstić information content (AvgIpc) is 3.18. The minimum atomic E-state index is 0.0900. The van der Waals surface area contributed by atoms with Crippen molar-refractivity contribution in [1.29, 1.82) is 0 Å². The summed E-state index contributed by atoms with van der Waals surface area (Å²) in [6.07, 6.45) is 22.5. The molecule has 0 amide bonds. The molecule has 6 rings (SSSR count). The topological polar surface area (TPSA) is 90.2 Å². The molecular formula is C49H67ClNO5+. The highest BCUT2D eigenvalue weighted by Crippen LogP contribution is 2.37. The summed E-state index contributed by atoms with van der Waals surface area (Å²) >= 11 is 4.50. The molecule has 4 aromatic rings. The van der Waals surface area contributed by atoms with Gasteiger partial charge in [-0.05, 0) is 110 Å². The van der Waals surface area contributed by atoms with Gasteiger partial charge in [0.1, 0.15) is 23.0 Å². The maximum atomic E-state index is 9.95. The van der Waals surface area contributed by atoms with E-state index in [0.717, 1.165) is 34.3 Å². The van der Waals surface area contributed by atoms with Gasteiger partial charge in [-0.1, -0.05) is 126 Å². The third kappa shape index (κ3) is 14.7. The van der Waals surface area contributed by atoms with Gasteiger partial charge in [0.25, 0.3) is 0 Å². The number of hydrogen-bond donors (Lipinski definition) is 4. The second-order valence-corrected chi connectivity index (χ2v) is 16.4. The Balaban J connectivity index is 0.000000219. The van der Waals surface area contributed by atoms with Crippen molar-refractivity contribution in [2.45, 2.75) is 116 Å². The predicted molar refractivity (Wildman–Crippen MR) is 237 cm³/mol. The summed E-state index contributed by atoms with van der Waals surface area (Å²) in [6.45, 7) is 7.75. The molecule has 56 heavy (non-hydrogen) atoms. The molecule has 0 radical (unpaired) electrons. The van der Waals surface area contributed by atoms with Gasteiger partial charge in [-0.2, -0.15) is 0 Å². The lowest BCUT2D eigenvalue weighted by molar-refractivity contribution is -0.941. The molecule has 0 bridgehead atoms. The maximum Gasteiger partial charge on any atom is 0.123 e. The van der Waals surface area contributed by atoms with E-state index in [1.54, 1.807) is 24.3 Å². The number of hydrogen-bond acceptors (Lipinski definition) is 5. The fourth-order valence-corrected chi connectivity index (χ4v) is 7.97. The van der Waals surface area contributed by atoms with Crippen molar-refractivity contribution in [2.75, 3.05) is 21.2 Å². The number of quaternary nitrogens is 1. The molecule has 0 aliphatic heterocycles. The van der Waals surface area contributed by atoms with Crippen molar-refractivity contribution in [3.05, 3.63) is 118 Å². The highest BCUT2D eigenvalue weighted by atomic mass is 35.5. The Hall–Kier alpha value is -4.23. The second kappa shape index (κ2) is 23.7. The van der Waals surface area contributed by atoms with Crippen LogP contribution in [0.5, 0.6) is 23.0 Å². The highest BCUT2D eigenvalue weighted by Gasteiger charge is 2.37. The number of halogens is 1. The van der Waals surface area contributed by atoms with Crippen LogP contribution in [0.25, 0.3) is 24.3 Å². The number of phenolic OH excluding ortho intramolecular Hbond substituents is 4. The molecule has 0 unspecified atom stereocenters. The molecule has 0 aromatic heterocycles. The van der Waals surface area contributed by atoms with Gasteiger partial charge in [0, 0.05) is 11.1 Å². The summed E-state index contributed by atoms with van der Waals surface area (Å²) in [5.74, 6) is 0.746. The minimum absolute atomic E-state index is 0.0900. The Labute approximate surface area is 342 Å². The van der Waals surface area contributed by atoms with Crippen LogP contribution in [-0.2, 0) is 4.29 Å². The van der Waals surface area contributed by atoms with Gasteiger partial charge >= 0.3 is 0 Å². The molecule has 2 aliphatic rings. The molecule has 4 N–H and O–H groups in total. The SMILES string of the molecule is CC(C)c1c(O)cc(/C=C/c2ccccc2)cc1O.CC(C)c1c(O)cc(/C=C/c2ccccc2)cc1O.COCl.C[N+](C)(C1CCCCC1)C1CCCCC1. The summed E-state index contributed by atoms with van der Waals surface area (Å²) in [5, 5.41) is 39.8. The Bertz CT molecular complexity index is 1600. The Kier molecular flexibility index (Phi) is 19.6. The van der Waals surface area contributed by atoms with Crippen LogP contribution in [0.3, 0.4) is 0 Å².